The van der Waals surface area contributed by atoms with Crippen LogP contribution in [-0.4, -0.2) is 16.3 Å². The van der Waals surface area contributed by atoms with Crippen LogP contribution in [0.15, 0.2) is 36.4 Å². The van der Waals surface area contributed by atoms with Crippen molar-refractivity contribution in [3.05, 3.63) is 58.9 Å². The van der Waals surface area contributed by atoms with Crippen LogP contribution in [0.2, 0.25) is 0 Å². The Labute approximate surface area is 143 Å². The third-order valence-electron chi connectivity index (χ3n) is 3.92. The second-order valence-electron chi connectivity index (χ2n) is 6.25. The second kappa shape index (κ2) is 7.30. The quantitative estimate of drug-likeness (QED) is 0.648. The first-order chi connectivity index (χ1) is 11.3. The van der Waals surface area contributed by atoms with Crippen molar-refractivity contribution in [1.29, 1.82) is 0 Å². The minimum absolute atomic E-state index is 0.0865. The van der Waals surface area contributed by atoms with Crippen LogP contribution in [0.3, 0.4) is 0 Å². The van der Waals surface area contributed by atoms with Gasteiger partial charge in [0.15, 0.2) is 5.78 Å². The maximum atomic E-state index is 12.4. The molecule has 1 aromatic heterocycles. The lowest BCUT2D eigenvalue weighted by Crippen LogP contribution is -2.06. The predicted octanol–water partition coefficient (Wildman–Crippen LogP) is 4.54. The van der Waals surface area contributed by atoms with Crippen LogP contribution in [0.4, 0.5) is 5.69 Å². The zero-order chi connectivity index (χ0) is 17.9. The summed E-state index contributed by atoms with van der Waals surface area (Å²) in [5.41, 5.74) is 4.56. The maximum absolute atomic E-state index is 12.4. The summed E-state index contributed by atoms with van der Waals surface area (Å²) in [5, 5.41) is 2.69. The van der Waals surface area contributed by atoms with Crippen LogP contribution in [0.5, 0.6) is 0 Å². The van der Waals surface area contributed by atoms with Gasteiger partial charge in [0.05, 0.1) is 0 Å². The molecule has 0 saturated heterocycles. The first kappa shape index (κ1) is 17.7. The van der Waals surface area contributed by atoms with E-state index in [-0.39, 0.29) is 11.7 Å². The molecule has 0 radical (unpaired) electrons. The van der Waals surface area contributed by atoms with Gasteiger partial charge < -0.3 is 9.88 Å². The zero-order valence-electron chi connectivity index (χ0n) is 14.9. The van der Waals surface area contributed by atoms with Gasteiger partial charge in [0.1, 0.15) is 0 Å². The van der Waals surface area contributed by atoms with Crippen molar-refractivity contribution in [1.82, 2.24) is 4.57 Å². The summed E-state index contributed by atoms with van der Waals surface area (Å²) < 4.78 is 2.25. The van der Waals surface area contributed by atoms with E-state index < -0.39 is 0 Å². The highest BCUT2D eigenvalue weighted by Crippen LogP contribution is 2.21. The molecule has 24 heavy (non-hydrogen) atoms. The number of ketones is 1. The van der Waals surface area contributed by atoms with E-state index in [2.05, 4.69) is 43.6 Å². The number of carbonyl (C=O) groups excluding carboxylic acids is 2. The Morgan fingerprint density at radius 2 is 1.88 bits per heavy atom. The average molecular weight is 324 g/mol. The number of aryl methyl sites for hydroxylation is 1. The summed E-state index contributed by atoms with van der Waals surface area (Å²) >= 11 is 0. The number of benzene rings is 1. The van der Waals surface area contributed by atoms with Crippen LogP contribution in [0.25, 0.3) is 6.08 Å². The lowest BCUT2D eigenvalue weighted by Gasteiger charge is -2.13. The standard InChI is InChI=1S/C20H24N2O2/c1-13(2)22-14(3)11-17(15(22)4)9-10-20(24)18-7-6-8-19(12-18)21-16(5)23/h6-13H,1-5H3,(H,21,23)/b10-9+. The van der Waals surface area contributed by atoms with E-state index in [0.29, 0.717) is 17.3 Å². The maximum Gasteiger partial charge on any atom is 0.221 e. The van der Waals surface area contributed by atoms with E-state index in [9.17, 15) is 9.59 Å². The highest BCUT2D eigenvalue weighted by Gasteiger charge is 2.10. The fraction of sp³-hybridized carbons (Fsp3) is 0.300. The van der Waals surface area contributed by atoms with Crippen molar-refractivity contribution in [3.8, 4) is 0 Å². The number of amides is 1. The number of hydrogen-bond acceptors (Lipinski definition) is 2. The Bertz CT molecular complexity index is 798. The summed E-state index contributed by atoms with van der Waals surface area (Å²) in [4.78, 5) is 23.5. The lowest BCUT2D eigenvalue weighted by molar-refractivity contribution is -0.114. The molecule has 0 aliphatic rings. The van der Waals surface area contributed by atoms with Gasteiger partial charge in [-0.25, -0.2) is 0 Å². The van der Waals surface area contributed by atoms with Gasteiger partial charge in [0.25, 0.3) is 0 Å². The Morgan fingerprint density at radius 1 is 1.17 bits per heavy atom. The molecule has 0 spiro atoms. The Balaban J connectivity index is 2.22. The Kier molecular flexibility index (Phi) is 5.39. The van der Waals surface area contributed by atoms with Crippen molar-refractivity contribution in [2.24, 2.45) is 0 Å². The molecule has 0 atom stereocenters. The van der Waals surface area contributed by atoms with Crippen molar-refractivity contribution in [2.75, 3.05) is 5.32 Å². The van der Waals surface area contributed by atoms with E-state index in [4.69, 9.17) is 0 Å². The van der Waals surface area contributed by atoms with Crippen molar-refractivity contribution >= 4 is 23.5 Å². The molecule has 1 N–H and O–H groups in total. The third-order valence-corrected chi connectivity index (χ3v) is 3.92. The number of anilines is 1. The molecule has 1 amide bonds. The molecule has 126 valence electrons. The molecule has 1 aromatic carbocycles. The molecule has 4 heteroatoms. The SMILES string of the molecule is CC(=O)Nc1cccc(C(=O)/C=C/c2cc(C)n(C(C)C)c2C)c1. The number of allylic oxidation sites excluding steroid dienone is 1. The summed E-state index contributed by atoms with van der Waals surface area (Å²) in [7, 11) is 0. The topological polar surface area (TPSA) is 51.1 Å². The van der Waals surface area contributed by atoms with Gasteiger partial charge >= 0.3 is 0 Å². The molecule has 2 rings (SSSR count). The minimum Gasteiger partial charge on any atom is -0.346 e. The van der Waals surface area contributed by atoms with Gasteiger partial charge in [0.2, 0.25) is 5.91 Å². The van der Waals surface area contributed by atoms with E-state index in [1.54, 1.807) is 30.3 Å². The normalized spacial score (nSPS) is 11.2. The summed E-state index contributed by atoms with van der Waals surface area (Å²) in [6, 6.07) is 9.43. The average Bonchev–Trinajstić information content (AvgIpc) is 2.78. The largest absolute Gasteiger partial charge is 0.346 e. The van der Waals surface area contributed by atoms with Crippen LogP contribution in [0, 0.1) is 13.8 Å². The van der Waals surface area contributed by atoms with Crippen LogP contribution in [-0.2, 0) is 4.79 Å². The van der Waals surface area contributed by atoms with Gasteiger partial charge in [-0.15, -0.1) is 0 Å². The summed E-state index contributed by atoms with van der Waals surface area (Å²) in [5.74, 6) is -0.243. The number of nitrogens with zero attached hydrogens (tertiary/aromatic N) is 1. The number of hydrogen-bond donors (Lipinski definition) is 1. The second-order valence-corrected chi connectivity index (χ2v) is 6.25. The van der Waals surface area contributed by atoms with Crippen molar-refractivity contribution in [3.63, 3.8) is 0 Å². The highest BCUT2D eigenvalue weighted by atomic mass is 16.1. The van der Waals surface area contributed by atoms with Gasteiger partial charge in [-0.3, -0.25) is 9.59 Å². The van der Waals surface area contributed by atoms with Gasteiger partial charge in [-0.05, 0) is 63.6 Å². The minimum atomic E-state index is -0.156. The van der Waals surface area contributed by atoms with E-state index in [0.717, 1.165) is 11.3 Å². The monoisotopic (exact) mass is 324 g/mol. The van der Waals surface area contributed by atoms with Crippen LogP contribution < -0.4 is 5.32 Å². The Morgan fingerprint density at radius 3 is 2.46 bits per heavy atom. The predicted molar refractivity (Wildman–Crippen MR) is 98.4 cm³/mol. The van der Waals surface area contributed by atoms with E-state index >= 15 is 0 Å². The van der Waals surface area contributed by atoms with Gasteiger partial charge in [-0.2, -0.15) is 0 Å². The molecule has 1 heterocycles. The number of nitrogens with one attached hydrogen (secondary N) is 1. The fourth-order valence-electron chi connectivity index (χ4n) is 2.98. The van der Waals surface area contributed by atoms with Crippen LogP contribution >= 0.6 is 0 Å². The molecule has 0 aliphatic carbocycles. The molecular weight excluding hydrogens is 300 g/mol. The van der Waals surface area contributed by atoms with Gasteiger partial charge in [-0.1, -0.05) is 12.1 Å². The first-order valence-electron chi connectivity index (χ1n) is 8.08. The number of carbonyl (C=O) groups is 2. The molecule has 4 nitrogen and oxygen atoms in total. The Hall–Kier alpha value is -2.62. The molecule has 0 unspecified atom stereocenters. The smallest absolute Gasteiger partial charge is 0.221 e. The molecule has 2 aromatic rings. The first-order valence-corrected chi connectivity index (χ1v) is 8.08. The van der Waals surface area contributed by atoms with Gasteiger partial charge in [0, 0.05) is 35.6 Å². The van der Waals surface area contributed by atoms with E-state index in [1.165, 1.54) is 12.6 Å². The zero-order valence-corrected chi connectivity index (χ0v) is 14.9. The summed E-state index contributed by atoms with van der Waals surface area (Å²) in [6.45, 7) is 9.87. The summed E-state index contributed by atoms with van der Waals surface area (Å²) in [6.07, 6.45) is 3.44. The molecule has 0 aliphatic heterocycles. The highest BCUT2D eigenvalue weighted by molar-refractivity contribution is 6.07. The fourth-order valence-corrected chi connectivity index (χ4v) is 2.98. The molecule has 0 fully saturated rings. The number of aromatic nitrogens is 1. The molecule has 0 bridgehead atoms. The van der Waals surface area contributed by atoms with E-state index in [1.807, 2.05) is 6.08 Å². The van der Waals surface area contributed by atoms with Crippen LogP contribution in [0.1, 0.15) is 54.1 Å². The van der Waals surface area contributed by atoms with Crippen molar-refractivity contribution < 1.29 is 9.59 Å². The lowest BCUT2D eigenvalue weighted by atomic mass is 10.1. The number of rotatable bonds is 5. The molecule has 0 saturated carbocycles. The third kappa shape index (κ3) is 4.02. The van der Waals surface area contributed by atoms with Crippen molar-refractivity contribution in [2.45, 2.75) is 40.7 Å². The molecular formula is C20H24N2O2.